The van der Waals surface area contributed by atoms with Crippen LogP contribution in [0.5, 0.6) is 0 Å². The number of nitrogens with one attached hydrogen (secondary N) is 1. The van der Waals surface area contributed by atoms with Gasteiger partial charge in [-0.2, -0.15) is 0 Å². The molecule has 2 atom stereocenters. The Bertz CT molecular complexity index is 1020. The first kappa shape index (κ1) is 24.8. The van der Waals surface area contributed by atoms with Crippen LogP contribution in [0.15, 0.2) is 48.5 Å². The van der Waals surface area contributed by atoms with E-state index in [9.17, 15) is 14.4 Å². The molecule has 0 aliphatic heterocycles. The van der Waals surface area contributed by atoms with E-state index < -0.39 is 12.1 Å². The number of aliphatic carboxylic acids is 1. The average molecular weight is 479 g/mol. The van der Waals surface area contributed by atoms with Gasteiger partial charge in [-0.25, -0.2) is 4.79 Å². The molecule has 0 bridgehead atoms. The van der Waals surface area contributed by atoms with Crippen LogP contribution >= 0.6 is 0 Å². The zero-order valence-corrected chi connectivity index (χ0v) is 20.2. The van der Waals surface area contributed by atoms with Crippen molar-refractivity contribution in [2.24, 2.45) is 5.92 Å². The number of rotatable bonds is 9. The summed E-state index contributed by atoms with van der Waals surface area (Å²) in [6.45, 7) is 2.90. The average Bonchev–Trinajstić information content (AvgIpc) is 3.19. The van der Waals surface area contributed by atoms with Crippen LogP contribution in [0.3, 0.4) is 0 Å². The number of carbonyl (C=O) groups excluding carboxylic acids is 2. The van der Waals surface area contributed by atoms with E-state index in [2.05, 4.69) is 29.6 Å². The Hall–Kier alpha value is -3.35. The first-order chi connectivity index (χ1) is 17.0. The van der Waals surface area contributed by atoms with Crippen molar-refractivity contribution < 1.29 is 24.2 Å². The molecule has 2 N–H and O–H groups in total. The second-order valence-electron chi connectivity index (χ2n) is 9.44. The van der Waals surface area contributed by atoms with E-state index in [-0.39, 0.29) is 43.4 Å². The third-order valence-corrected chi connectivity index (χ3v) is 7.13. The van der Waals surface area contributed by atoms with Crippen LogP contribution in [0.25, 0.3) is 11.1 Å². The highest BCUT2D eigenvalue weighted by Gasteiger charge is 2.35. The molecule has 35 heavy (non-hydrogen) atoms. The molecule has 1 fully saturated rings. The van der Waals surface area contributed by atoms with E-state index in [0.29, 0.717) is 19.4 Å². The second kappa shape index (κ2) is 11.4. The molecule has 2 aliphatic carbocycles. The van der Waals surface area contributed by atoms with Gasteiger partial charge in [-0.05, 0) is 41.5 Å². The summed E-state index contributed by atoms with van der Waals surface area (Å²) in [6.07, 6.45) is 3.40. The summed E-state index contributed by atoms with van der Waals surface area (Å²) in [4.78, 5) is 38.8. The van der Waals surface area contributed by atoms with Crippen LogP contribution in [0.1, 0.15) is 62.5 Å². The number of fused-ring (bicyclic) bond motifs is 3. The van der Waals surface area contributed by atoms with Crippen LogP contribution in [0.2, 0.25) is 0 Å². The SMILES string of the molecule is CCCN(CCC(=O)O)C(=O)[C@H]1CCCC[C@H]1NC(=O)OCC1c2ccccc2-c2ccccc21. The van der Waals surface area contributed by atoms with E-state index in [1.165, 1.54) is 11.1 Å². The standard InChI is InChI=1S/C28H34N2O5/c1-2-16-30(17-15-26(31)32)27(33)23-13-7-8-14-25(23)29-28(34)35-18-24-21-11-5-3-9-19(21)20-10-4-6-12-22(20)24/h3-6,9-12,23-25H,2,7-8,13-18H2,1H3,(H,29,34)(H,31,32)/t23-,25+/m0/s1. The van der Waals surface area contributed by atoms with Gasteiger partial charge >= 0.3 is 12.1 Å². The summed E-state index contributed by atoms with van der Waals surface area (Å²) in [6, 6.07) is 16.1. The summed E-state index contributed by atoms with van der Waals surface area (Å²) >= 11 is 0. The lowest BCUT2D eigenvalue weighted by atomic mass is 9.83. The maximum absolute atomic E-state index is 13.3. The third kappa shape index (κ3) is 5.66. The number of carboxylic acids is 1. The van der Waals surface area contributed by atoms with Crippen molar-refractivity contribution >= 4 is 18.0 Å². The number of amides is 2. The van der Waals surface area contributed by atoms with E-state index in [0.717, 1.165) is 30.4 Å². The Morgan fingerprint density at radius 2 is 1.60 bits per heavy atom. The van der Waals surface area contributed by atoms with Crippen LogP contribution in [0, 0.1) is 5.92 Å². The molecule has 186 valence electrons. The number of carboxylic acid groups (broad SMARTS) is 1. The van der Waals surface area contributed by atoms with Crippen molar-refractivity contribution in [2.75, 3.05) is 19.7 Å². The van der Waals surface area contributed by atoms with Crippen molar-refractivity contribution in [3.8, 4) is 11.1 Å². The highest BCUT2D eigenvalue weighted by Crippen LogP contribution is 2.44. The number of benzene rings is 2. The Morgan fingerprint density at radius 3 is 2.23 bits per heavy atom. The summed E-state index contributed by atoms with van der Waals surface area (Å²) in [7, 11) is 0. The Balaban J connectivity index is 1.40. The predicted molar refractivity (Wildman–Crippen MR) is 133 cm³/mol. The number of hydrogen-bond acceptors (Lipinski definition) is 4. The monoisotopic (exact) mass is 478 g/mol. The van der Waals surface area contributed by atoms with Gasteiger partial charge in [0.05, 0.1) is 12.3 Å². The van der Waals surface area contributed by atoms with Gasteiger partial charge in [0, 0.05) is 25.0 Å². The lowest BCUT2D eigenvalue weighted by Crippen LogP contribution is -2.50. The van der Waals surface area contributed by atoms with Crippen molar-refractivity contribution in [3.63, 3.8) is 0 Å². The first-order valence-electron chi connectivity index (χ1n) is 12.6. The van der Waals surface area contributed by atoms with Crippen LogP contribution in [-0.4, -0.2) is 53.7 Å². The molecule has 2 amide bonds. The van der Waals surface area contributed by atoms with Gasteiger partial charge in [0.2, 0.25) is 5.91 Å². The highest BCUT2D eigenvalue weighted by atomic mass is 16.5. The number of carbonyl (C=O) groups is 3. The summed E-state index contributed by atoms with van der Waals surface area (Å²) in [5.74, 6) is -1.37. The van der Waals surface area contributed by atoms with Gasteiger partial charge < -0.3 is 20.1 Å². The fourth-order valence-corrected chi connectivity index (χ4v) is 5.46. The minimum Gasteiger partial charge on any atom is -0.481 e. The maximum Gasteiger partial charge on any atom is 0.407 e. The fraction of sp³-hybridized carbons (Fsp3) is 0.464. The van der Waals surface area contributed by atoms with Crippen LogP contribution in [0.4, 0.5) is 4.79 Å². The number of ether oxygens (including phenoxy) is 1. The Morgan fingerprint density at radius 1 is 0.971 bits per heavy atom. The third-order valence-electron chi connectivity index (χ3n) is 7.13. The van der Waals surface area contributed by atoms with Gasteiger partial charge in [0.25, 0.3) is 0 Å². The summed E-state index contributed by atoms with van der Waals surface area (Å²) < 4.78 is 5.70. The molecule has 2 aromatic carbocycles. The van der Waals surface area contributed by atoms with Gasteiger partial charge in [-0.1, -0.05) is 68.3 Å². The van der Waals surface area contributed by atoms with Crippen molar-refractivity contribution in [3.05, 3.63) is 59.7 Å². The van der Waals surface area contributed by atoms with Gasteiger partial charge in [0.1, 0.15) is 6.61 Å². The molecular weight excluding hydrogens is 444 g/mol. The molecule has 0 unspecified atom stereocenters. The fourth-order valence-electron chi connectivity index (χ4n) is 5.46. The van der Waals surface area contributed by atoms with E-state index in [4.69, 9.17) is 9.84 Å². The zero-order valence-electron chi connectivity index (χ0n) is 20.2. The lowest BCUT2D eigenvalue weighted by Gasteiger charge is -2.35. The molecule has 0 heterocycles. The Labute approximate surface area is 206 Å². The van der Waals surface area contributed by atoms with Gasteiger partial charge in [-0.3, -0.25) is 9.59 Å². The van der Waals surface area contributed by atoms with Crippen LogP contribution in [-0.2, 0) is 14.3 Å². The molecule has 0 saturated heterocycles. The zero-order chi connectivity index (χ0) is 24.8. The van der Waals surface area contributed by atoms with E-state index in [1.807, 2.05) is 31.2 Å². The van der Waals surface area contributed by atoms with E-state index in [1.54, 1.807) is 4.90 Å². The van der Waals surface area contributed by atoms with Crippen molar-refractivity contribution in [2.45, 2.75) is 57.4 Å². The Kier molecular flexibility index (Phi) is 8.06. The predicted octanol–water partition coefficient (Wildman–Crippen LogP) is 4.80. The quantitative estimate of drug-likeness (QED) is 0.540. The smallest absolute Gasteiger partial charge is 0.407 e. The molecule has 7 heteroatoms. The molecule has 7 nitrogen and oxygen atoms in total. The number of alkyl carbamates (subject to hydrolysis) is 1. The minimum absolute atomic E-state index is 0.0204. The molecule has 1 saturated carbocycles. The minimum atomic E-state index is -0.921. The molecule has 2 aliphatic rings. The second-order valence-corrected chi connectivity index (χ2v) is 9.44. The number of nitrogens with zero attached hydrogens (tertiary/aromatic N) is 1. The number of hydrogen-bond donors (Lipinski definition) is 2. The largest absolute Gasteiger partial charge is 0.481 e. The van der Waals surface area contributed by atoms with Gasteiger partial charge in [-0.15, -0.1) is 0 Å². The van der Waals surface area contributed by atoms with Crippen LogP contribution < -0.4 is 5.32 Å². The summed E-state index contributed by atoms with van der Waals surface area (Å²) in [5, 5.41) is 12.0. The normalized spacial score (nSPS) is 18.9. The van der Waals surface area contributed by atoms with Crippen molar-refractivity contribution in [1.29, 1.82) is 0 Å². The van der Waals surface area contributed by atoms with E-state index >= 15 is 0 Å². The maximum atomic E-state index is 13.3. The molecule has 2 aromatic rings. The molecular formula is C28H34N2O5. The topological polar surface area (TPSA) is 95.9 Å². The summed E-state index contributed by atoms with van der Waals surface area (Å²) in [5.41, 5.74) is 4.65. The van der Waals surface area contributed by atoms with Gasteiger partial charge in [0.15, 0.2) is 0 Å². The molecule has 0 spiro atoms. The molecule has 0 aromatic heterocycles. The molecule has 0 radical (unpaired) electrons. The first-order valence-corrected chi connectivity index (χ1v) is 12.6. The molecule has 4 rings (SSSR count). The van der Waals surface area contributed by atoms with Crippen molar-refractivity contribution in [1.82, 2.24) is 10.2 Å². The highest BCUT2D eigenvalue weighted by molar-refractivity contribution is 5.81. The lowest BCUT2D eigenvalue weighted by molar-refractivity contribution is -0.140.